The molecule has 0 radical (unpaired) electrons. The smallest absolute Gasteiger partial charge is 0.333 e. The number of aliphatic hydroxyl groups excluding tert-OH is 1. The average molecular weight is 718 g/mol. The molecule has 3 heterocycles. The highest BCUT2D eigenvalue weighted by Gasteiger charge is 2.87. The first kappa shape index (κ1) is 37.2. The lowest BCUT2D eigenvalue weighted by atomic mass is 9.49. The quantitative estimate of drug-likeness (QED) is 0.180. The summed E-state index contributed by atoms with van der Waals surface area (Å²) in [4.78, 5) is 41.9. The van der Waals surface area contributed by atoms with Crippen LogP contribution in [0.1, 0.15) is 100 Å². The maximum absolute atomic E-state index is 13.7. The molecule has 3 aliphatic heterocycles. The van der Waals surface area contributed by atoms with Gasteiger partial charge in [-0.2, -0.15) is 0 Å². The van der Waals surface area contributed by atoms with E-state index in [0.717, 1.165) is 19.4 Å². The van der Waals surface area contributed by atoms with Crippen LogP contribution >= 0.6 is 0 Å². The summed E-state index contributed by atoms with van der Waals surface area (Å²) in [5, 5.41) is 51.3. The standard InChI is InChI=1S/C39H59NO11/c1-9-20(4)33(43)49-28-13-14-35(7)26-15-25(48-22(6)41)31-37(35,51-39(26,28)47)16-24-23-18-40-17-19(3)11-12-27(40)36(8,45)29(23)30(42)32(38(24,31)46)50-34(44)21(5)10-2/h9,19,21,23-32,42,45-47H,10-18H2,1-8H3/b20-9-/t19-,21?,23-,24?,25+,26?,27?,28-,29?,30+,31?,32-,35-,36+,37-,38-,39-/m0/s1. The van der Waals surface area contributed by atoms with Crippen molar-refractivity contribution in [2.75, 3.05) is 13.1 Å². The van der Waals surface area contributed by atoms with Crippen molar-refractivity contribution in [3.8, 4) is 0 Å². The third kappa shape index (κ3) is 4.94. The van der Waals surface area contributed by atoms with Crippen molar-refractivity contribution in [3.05, 3.63) is 11.6 Å². The Bertz CT molecular complexity index is 1480. The number of hydrogen-bond donors (Lipinski definition) is 4. The minimum Gasteiger partial charge on any atom is -0.462 e. The van der Waals surface area contributed by atoms with Crippen molar-refractivity contribution in [3.63, 3.8) is 0 Å². The summed E-state index contributed by atoms with van der Waals surface area (Å²) >= 11 is 0. The van der Waals surface area contributed by atoms with Crippen LogP contribution < -0.4 is 0 Å². The predicted octanol–water partition coefficient (Wildman–Crippen LogP) is 2.87. The monoisotopic (exact) mass is 717 g/mol. The van der Waals surface area contributed by atoms with E-state index in [4.69, 9.17) is 18.9 Å². The first-order chi connectivity index (χ1) is 23.8. The molecule has 7 aliphatic rings. The lowest BCUT2D eigenvalue weighted by Crippen LogP contribution is -2.77. The number of ether oxygens (including phenoxy) is 4. The van der Waals surface area contributed by atoms with Gasteiger partial charge in [-0.1, -0.05) is 33.8 Å². The van der Waals surface area contributed by atoms with Gasteiger partial charge in [0, 0.05) is 48.9 Å². The van der Waals surface area contributed by atoms with Crippen LogP contribution in [0, 0.1) is 46.8 Å². The normalized spacial score (nSPS) is 52.1. The number of carbonyl (C=O) groups excluding carboxylic acids is 3. The molecule has 4 aliphatic carbocycles. The Balaban J connectivity index is 1.40. The Kier molecular flexibility index (Phi) is 8.92. The third-order valence-electron chi connectivity index (χ3n) is 15.3. The fraction of sp³-hybridized carbons (Fsp3) is 0.872. The molecule has 17 atom stereocenters. The zero-order valence-corrected chi connectivity index (χ0v) is 31.5. The molecule has 4 bridgehead atoms. The van der Waals surface area contributed by atoms with Gasteiger partial charge in [0.1, 0.15) is 11.7 Å². The Morgan fingerprint density at radius 2 is 1.75 bits per heavy atom. The number of piperidine rings is 2. The second-order valence-corrected chi connectivity index (χ2v) is 17.9. The zero-order valence-electron chi connectivity index (χ0n) is 31.5. The molecule has 286 valence electrons. The van der Waals surface area contributed by atoms with Crippen molar-refractivity contribution in [2.45, 2.75) is 153 Å². The van der Waals surface area contributed by atoms with E-state index in [1.807, 2.05) is 13.8 Å². The van der Waals surface area contributed by atoms with Gasteiger partial charge in [-0.15, -0.1) is 0 Å². The van der Waals surface area contributed by atoms with Crippen molar-refractivity contribution in [1.82, 2.24) is 4.90 Å². The van der Waals surface area contributed by atoms with Gasteiger partial charge in [-0.3, -0.25) is 14.5 Å². The molecule has 7 rings (SSSR count). The molecule has 0 aromatic heterocycles. The minimum atomic E-state index is -1.97. The van der Waals surface area contributed by atoms with Gasteiger partial charge in [-0.25, -0.2) is 4.79 Å². The molecule has 12 nitrogen and oxygen atoms in total. The van der Waals surface area contributed by atoms with Gasteiger partial charge < -0.3 is 39.4 Å². The topological polar surface area (TPSA) is 172 Å². The molecule has 3 saturated heterocycles. The number of esters is 3. The highest BCUT2D eigenvalue weighted by molar-refractivity contribution is 5.87. The molecule has 4 saturated carbocycles. The van der Waals surface area contributed by atoms with Crippen molar-refractivity contribution >= 4 is 17.9 Å². The number of carbonyl (C=O) groups is 3. The van der Waals surface area contributed by atoms with Crippen LogP contribution in [0.3, 0.4) is 0 Å². The highest BCUT2D eigenvalue weighted by Crippen LogP contribution is 2.77. The molecule has 0 aromatic rings. The number of fused-ring (bicyclic) bond motifs is 5. The van der Waals surface area contributed by atoms with E-state index in [1.54, 1.807) is 33.8 Å². The van der Waals surface area contributed by atoms with E-state index in [-0.39, 0.29) is 18.9 Å². The number of hydrogen-bond acceptors (Lipinski definition) is 12. The van der Waals surface area contributed by atoms with E-state index >= 15 is 0 Å². The van der Waals surface area contributed by atoms with Gasteiger partial charge in [0.05, 0.1) is 29.1 Å². The fourth-order valence-corrected chi connectivity index (χ4v) is 12.7. The van der Waals surface area contributed by atoms with Gasteiger partial charge in [0.2, 0.25) is 5.79 Å². The summed E-state index contributed by atoms with van der Waals surface area (Å²) < 4.78 is 25.3. The summed E-state index contributed by atoms with van der Waals surface area (Å²) in [5.74, 6) is -7.33. The molecule has 6 unspecified atom stereocenters. The van der Waals surface area contributed by atoms with Crippen molar-refractivity contribution < 1.29 is 53.8 Å². The largest absolute Gasteiger partial charge is 0.462 e. The van der Waals surface area contributed by atoms with Crippen LogP contribution in [0.4, 0.5) is 0 Å². The molecular weight excluding hydrogens is 658 g/mol. The maximum Gasteiger partial charge on any atom is 0.333 e. The second kappa shape index (κ2) is 12.2. The minimum absolute atomic E-state index is 0.102. The average Bonchev–Trinajstić information content (AvgIpc) is 3.33. The number of nitrogens with zero attached hydrogens (tertiary/aromatic N) is 1. The maximum atomic E-state index is 13.7. The molecule has 51 heavy (non-hydrogen) atoms. The molecule has 0 aromatic carbocycles. The molecule has 7 fully saturated rings. The number of allylic oxidation sites excluding steroid dienone is 1. The van der Waals surface area contributed by atoms with Crippen LogP contribution in [0.15, 0.2) is 11.6 Å². The second-order valence-electron chi connectivity index (χ2n) is 17.9. The van der Waals surface area contributed by atoms with Crippen molar-refractivity contribution in [2.24, 2.45) is 46.8 Å². The zero-order chi connectivity index (χ0) is 37.2. The Hall–Kier alpha value is -2.09. The van der Waals surface area contributed by atoms with Crippen LogP contribution in [-0.2, 0) is 33.3 Å². The summed E-state index contributed by atoms with van der Waals surface area (Å²) in [6.07, 6.45) is -0.00676. The van der Waals surface area contributed by atoms with Crippen molar-refractivity contribution in [1.29, 1.82) is 0 Å². The first-order valence-electron chi connectivity index (χ1n) is 19.3. The Labute approximate surface area is 301 Å². The van der Waals surface area contributed by atoms with E-state index in [0.29, 0.717) is 37.3 Å². The first-order valence-corrected chi connectivity index (χ1v) is 19.3. The van der Waals surface area contributed by atoms with Gasteiger partial charge >= 0.3 is 17.9 Å². The summed E-state index contributed by atoms with van der Waals surface area (Å²) in [5.41, 5.74) is -5.06. The Morgan fingerprint density at radius 1 is 1.04 bits per heavy atom. The van der Waals surface area contributed by atoms with E-state index in [2.05, 4.69) is 11.8 Å². The lowest BCUT2D eigenvalue weighted by Gasteiger charge is -2.64. The van der Waals surface area contributed by atoms with E-state index in [9.17, 15) is 34.8 Å². The van der Waals surface area contributed by atoms with Crippen LogP contribution in [0.2, 0.25) is 0 Å². The van der Waals surface area contributed by atoms with Crippen LogP contribution in [0.5, 0.6) is 0 Å². The molecular formula is C39H59NO11. The van der Waals surface area contributed by atoms with E-state index in [1.165, 1.54) is 6.92 Å². The SMILES string of the molecule is C/C=C(/C)C(=O)O[C@H]1CC[C@@]2(C)C3C[C@@H](OC(C)=O)C4[C@@]5(O)C(C[C@]42O[C@@]31O)[C@@H]1CN2C[C@@H](C)CCC2[C@@](C)(O)C1[C@@H](O)[C@@H]5OC(=O)C(C)CC. The third-order valence-corrected chi connectivity index (χ3v) is 15.3. The summed E-state index contributed by atoms with van der Waals surface area (Å²) in [6.45, 7) is 15.5. The van der Waals surface area contributed by atoms with E-state index < -0.39 is 106 Å². The fourth-order valence-electron chi connectivity index (χ4n) is 12.7. The number of rotatable bonds is 6. The molecule has 0 amide bonds. The van der Waals surface area contributed by atoms with Crippen LogP contribution in [-0.4, -0.2) is 109 Å². The van der Waals surface area contributed by atoms with Gasteiger partial charge in [0.15, 0.2) is 12.2 Å². The molecule has 4 N–H and O–H groups in total. The molecule has 1 spiro atoms. The number of aliphatic hydroxyl groups is 4. The Morgan fingerprint density at radius 3 is 2.39 bits per heavy atom. The lowest BCUT2D eigenvalue weighted by molar-refractivity contribution is -0.300. The van der Waals surface area contributed by atoms with Gasteiger partial charge in [-0.05, 0) is 83.5 Å². The molecule has 12 heteroatoms. The predicted molar refractivity (Wildman–Crippen MR) is 182 cm³/mol. The summed E-state index contributed by atoms with van der Waals surface area (Å²) in [7, 11) is 0. The highest BCUT2D eigenvalue weighted by atomic mass is 16.7. The summed E-state index contributed by atoms with van der Waals surface area (Å²) in [6, 6.07) is -0.224. The van der Waals surface area contributed by atoms with Gasteiger partial charge in [0.25, 0.3) is 0 Å². The van der Waals surface area contributed by atoms with Crippen LogP contribution in [0.25, 0.3) is 0 Å².